The van der Waals surface area contributed by atoms with Crippen molar-refractivity contribution in [1.29, 1.82) is 0 Å². The Morgan fingerprint density at radius 2 is 2.20 bits per heavy atom. The molecule has 1 heterocycles. The van der Waals surface area contributed by atoms with E-state index in [0.29, 0.717) is 6.61 Å². The van der Waals surface area contributed by atoms with Crippen LogP contribution < -0.4 is 10.5 Å². The van der Waals surface area contributed by atoms with Gasteiger partial charge < -0.3 is 10.5 Å². The van der Waals surface area contributed by atoms with E-state index in [9.17, 15) is 12.8 Å². The maximum absolute atomic E-state index is 13.6. The Morgan fingerprint density at radius 3 is 2.75 bits per heavy atom. The topological polar surface area (TPSA) is 81.4 Å². The van der Waals surface area contributed by atoms with E-state index >= 15 is 0 Å². The monoisotopic (exact) mass is 302 g/mol. The largest absolute Gasteiger partial charge is 0.398 e. The van der Waals surface area contributed by atoms with Gasteiger partial charge in [-0.25, -0.2) is 17.5 Å². The number of halogens is 1. The van der Waals surface area contributed by atoms with Crippen LogP contribution in [0.1, 0.15) is 25.3 Å². The highest BCUT2D eigenvalue weighted by Gasteiger charge is 2.31. The Bertz CT molecular complexity index is 587. The normalized spacial score (nSPS) is 23.1. The van der Waals surface area contributed by atoms with E-state index in [1.807, 2.05) is 6.92 Å². The second-order valence-electron chi connectivity index (χ2n) is 5.35. The second kappa shape index (κ2) is 5.31. The van der Waals surface area contributed by atoms with Crippen molar-refractivity contribution in [1.82, 2.24) is 4.72 Å². The molecular weight excluding hydrogens is 283 g/mol. The standard InChI is InChI=1S/C13H19FN2O3S/c1-9-11(14)6-10(7-12(9)15)20(17,18)16-8-13(2)4-3-5-19-13/h6-7,16H,3-5,8,15H2,1-2H3. The van der Waals surface area contributed by atoms with E-state index in [0.717, 1.165) is 18.9 Å². The lowest BCUT2D eigenvalue weighted by Gasteiger charge is -2.23. The Balaban J connectivity index is 2.18. The molecule has 0 aromatic heterocycles. The maximum atomic E-state index is 13.6. The van der Waals surface area contributed by atoms with Gasteiger partial charge in [0.1, 0.15) is 5.82 Å². The number of nitrogen functional groups attached to an aromatic ring is 1. The number of ether oxygens (including phenoxy) is 1. The summed E-state index contributed by atoms with van der Waals surface area (Å²) < 4.78 is 45.9. The average molecular weight is 302 g/mol. The van der Waals surface area contributed by atoms with Gasteiger partial charge in [-0.1, -0.05) is 0 Å². The van der Waals surface area contributed by atoms with Crippen molar-refractivity contribution in [3.63, 3.8) is 0 Å². The quantitative estimate of drug-likeness (QED) is 0.827. The predicted octanol–water partition coefficient (Wildman–Crippen LogP) is 1.56. The van der Waals surface area contributed by atoms with Gasteiger partial charge in [-0.05, 0) is 38.8 Å². The fourth-order valence-electron chi connectivity index (χ4n) is 2.14. The van der Waals surface area contributed by atoms with E-state index in [4.69, 9.17) is 10.5 Å². The number of hydrogen-bond donors (Lipinski definition) is 2. The van der Waals surface area contributed by atoms with E-state index in [1.54, 1.807) is 0 Å². The van der Waals surface area contributed by atoms with Crippen LogP contribution in [0.5, 0.6) is 0 Å². The molecule has 1 unspecified atom stereocenters. The highest BCUT2D eigenvalue weighted by Crippen LogP contribution is 2.25. The van der Waals surface area contributed by atoms with Crippen LogP contribution in [0.4, 0.5) is 10.1 Å². The summed E-state index contributed by atoms with van der Waals surface area (Å²) in [6, 6.07) is 2.24. The van der Waals surface area contributed by atoms with Gasteiger partial charge in [-0.3, -0.25) is 0 Å². The van der Waals surface area contributed by atoms with Crippen molar-refractivity contribution >= 4 is 15.7 Å². The minimum absolute atomic E-state index is 0.119. The first-order chi connectivity index (χ1) is 9.23. The first-order valence-corrected chi connectivity index (χ1v) is 7.91. The number of benzene rings is 1. The Labute approximate surface area is 118 Å². The van der Waals surface area contributed by atoms with E-state index in [1.165, 1.54) is 13.0 Å². The first kappa shape index (κ1) is 15.2. The zero-order valence-corrected chi connectivity index (χ0v) is 12.4. The van der Waals surface area contributed by atoms with Crippen LogP contribution in [0.2, 0.25) is 0 Å². The maximum Gasteiger partial charge on any atom is 0.240 e. The lowest BCUT2D eigenvalue weighted by atomic mass is 10.0. The molecule has 2 rings (SSSR count). The molecule has 3 N–H and O–H groups in total. The second-order valence-corrected chi connectivity index (χ2v) is 7.11. The molecule has 1 aromatic carbocycles. The summed E-state index contributed by atoms with van der Waals surface area (Å²) in [4.78, 5) is -0.167. The van der Waals surface area contributed by atoms with Gasteiger partial charge in [0.2, 0.25) is 10.0 Å². The molecule has 1 atom stereocenters. The van der Waals surface area contributed by atoms with Crippen LogP contribution in [0.15, 0.2) is 17.0 Å². The summed E-state index contributed by atoms with van der Waals surface area (Å²) in [6.07, 6.45) is 1.70. The van der Waals surface area contributed by atoms with Crippen molar-refractivity contribution < 1.29 is 17.5 Å². The summed E-state index contributed by atoms with van der Waals surface area (Å²) in [7, 11) is -3.80. The smallest absolute Gasteiger partial charge is 0.240 e. The van der Waals surface area contributed by atoms with Crippen LogP contribution in [0.25, 0.3) is 0 Å². The van der Waals surface area contributed by atoms with Crippen molar-refractivity contribution in [3.05, 3.63) is 23.5 Å². The minimum Gasteiger partial charge on any atom is -0.398 e. The van der Waals surface area contributed by atoms with Crippen LogP contribution in [-0.4, -0.2) is 27.2 Å². The third kappa shape index (κ3) is 3.11. The number of rotatable bonds is 4. The highest BCUT2D eigenvalue weighted by atomic mass is 32.2. The van der Waals surface area contributed by atoms with Crippen molar-refractivity contribution in [2.75, 3.05) is 18.9 Å². The molecule has 0 aliphatic carbocycles. The molecule has 112 valence electrons. The minimum atomic E-state index is -3.80. The van der Waals surface area contributed by atoms with Gasteiger partial charge in [0.05, 0.1) is 10.5 Å². The molecular formula is C13H19FN2O3S. The molecule has 1 saturated heterocycles. The van der Waals surface area contributed by atoms with Gasteiger partial charge in [-0.2, -0.15) is 0 Å². The van der Waals surface area contributed by atoms with Gasteiger partial charge in [0.15, 0.2) is 0 Å². The number of nitrogens with one attached hydrogen (secondary N) is 1. The third-order valence-electron chi connectivity index (χ3n) is 3.60. The number of hydrogen-bond acceptors (Lipinski definition) is 4. The summed E-state index contributed by atoms with van der Waals surface area (Å²) in [5.41, 5.74) is 5.47. The molecule has 20 heavy (non-hydrogen) atoms. The highest BCUT2D eigenvalue weighted by molar-refractivity contribution is 7.89. The average Bonchev–Trinajstić information content (AvgIpc) is 2.81. The zero-order valence-electron chi connectivity index (χ0n) is 11.6. The molecule has 0 bridgehead atoms. The molecule has 1 fully saturated rings. The lowest BCUT2D eigenvalue weighted by Crippen LogP contribution is -2.40. The molecule has 5 nitrogen and oxygen atoms in total. The van der Waals surface area contributed by atoms with Crippen LogP contribution in [0.3, 0.4) is 0 Å². The van der Waals surface area contributed by atoms with Gasteiger partial charge in [0, 0.05) is 24.4 Å². The van der Waals surface area contributed by atoms with Crippen LogP contribution in [0, 0.1) is 12.7 Å². The van der Waals surface area contributed by atoms with Crippen LogP contribution >= 0.6 is 0 Å². The van der Waals surface area contributed by atoms with Gasteiger partial charge >= 0.3 is 0 Å². The molecule has 0 spiro atoms. The Kier molecular flexibility index (Phi) is 4.04. The van der Waals surface area contributed by atoms with Crippen LogP contribution in [-0.2, 0) is 14.8 Å². The van der Waals surface area contributed by atoms with E-state index in [-0.39, 0.29) is 22.7 Å². The number of anilines is 1. The molecule has 1 aromatic rings. The summed E-state index contributed by atoms with van der Waals surface area (Å²) in [5.74, 6) is -0.631. The Morgan fingerprint density at radius 1 is 1.50 bits per heavy atom. The summed E-state index contributed by atoms with van der Waals surface area (Å²) in [6.45, 7) is 4.14. The van der Waals surface area contributed by atoms with Gasteiger partial charge in [-0.15, -0.1) is 0 Å². The van der Waals surface area contributed by atoms with E-state index in [2.05, 4.69) is 4.72 Å². The van der Waals surface area contributed by atoms with Crippen molar-refractivity contribution in [2.24, 2.45) is 0 Å². The number of sulfonamides is 1. The fourth-order valence-corrected chi connectivity index (χ4v) is 3.34. The molecule has 0 saturated carbocycles. The van der Waals surface area contributed by atoms with E-state index < -0.39 is 21.4 Å². The Hall–Kier alpha value is -1.18. The van der Waals surface area contributed by atoms with Crippen molar-refractivity contribution in [3.8, 4) is 0 Å². The molecule has 0 radical (unpaired) electrons. The summed E-state index contributed by atoms with van der Waals surface area (Å²) in [5, 5.41) is 0. The molecule has 0 amide bonds. The summed E-state index contributed by atoms with van der Waals surface area (Å²) >= 11 is 0. The molecule has 1 aliphatic rings. The van der Waals surface area contributed by atoms with Gasteiger partial charge in [0.25, 0.3) is 0 Å². The lowest BCUT2D eigenvalue weighted by molar-refractivity contribution is 0.0250. The third-order valence-corrected chi connectivity index (χ3v) is 4.99. The first-order valence-electron chi connectivity index (χ1n) is 6.43. The fraction of sp³-hybridized carbons (Fsp3) is 0.538. The predicted molar refractivity (Wildman–Crippen MR) is 74.3 cm³/mol. The SMILES string of the molecule is Cc1c(N)cc(S(=O)(=O)NCC2(C)CCCO2)cc1F. The number of nitrogens with two attached hydrogens (primary N) is 1. The van der Waals surface area contributed by atoms with Crippen molar-refractivity contribution in [2.45, 2.75) is 37.2 Å². The zero-order chi connectivity index (χ0) is 15.0. The molecule has 1 aliphatic heterocycles. The molecule has 7 heteroatoms.